The molecule has 0 unspecified atom stereocenters. The summed E-state index contributed by atoms with van der Waals surface area (Å²) in [4.78, 5) is 12.4. The molecular formula is C22H29NO4. The number of carbonyl (C=O) groups excluding carboxylic acids is 1. The third-order valence-electron chi connectivity index (χ3n) is 5.28. The monoisotopic (exact) mass is 371 g/mol. The first-order valence-corrected chi connectivity index (χ1v) is 9.49. The molecule has 1 aromatic heterocycles. The lowest BCUT2D eigenvalue weighted by molar-refractivity contribution is -0.0838. The Morgan fingerprint density at radius 3 is 2.67 bits per heavy atom. The van der Waals surface area contributed by atoms with Gasteiger partial charge < -0.3 is 19.2 Å². The largest absolute Gasteiger partial charge is 0.453 e. The number of hydrogen-bond acceptors (Lipinski definition) is 4. The molecule has 1 fully saturated rings. The smallest absolute Gasteiger partial charge is 0.286 e. The summed E-state index contributed by atoms with van der Waals surface area (Å²) in [6.07, 6.45) is 2.74. The van der Waals surface area contributed by atoms with Crippen LogP contribution in [0.5, 0.6) is 0 Å². The van der Waals surface area contributed by atoms with Gasteiger partial charge in [-0.3, -0.25) is 4.79 Å². The van der Waals surface area contributed by atoms with Crippen molar-refractivity contribution in [2.75, 3.05) is 20.3 Å². The van der Waals surface area contributed by atoms with Crippen molar-refractivity contribution < 1.29 is 18.7 Å². The lowest BCUT2D eigenvalue weighted by Gasteiger charge is -2.45. The fourth-order valence-electron chi connectivity index (χ4n) is 4.10. The van der Waals surface area contributed by atoms with Crippen molar-refractivity contribution >= 4 is 5.91 Å². The highest BCUT2D eigenvalue weighted by atomic mass is 16.5. The molecule has 1 aliphatic heterocycles. The van der Waals surface area contributed by atoms with Crippen LogP contribution in [0.15, 0.2) is 46.9 Å². The molecule has 1 amide bonds. The number of nitrogens with one attached hydrogen (secondary N) is 1. The van der Waals surface area contributed by atoms with Crippen LogP contribution in [0.3, 0.4) is 0 Å². The van der Waals surface area contributed by atoms with E-state index in [-0.39, 0.29) is 16.9 Å². The quantitative estimate of drug-likeness (QED) is 0.797. The van der Waals surface area contributed by atoms with Crippen molar-refractivity contribution in [2.45, 2.75) is 50.7 Å². The topological polar surface area (TPSA) is 60.7 Å². The Bertz CT molecular complexity index is 753. The molecule has 1 saturated heterocycles. The Morgan fingerprint density at radius 2 is 1.96 bits per heavy atom. The lowest BCUT2D eigenvalue weighted by atomic mass is 9.67. The molecule has 1 atom stereocenters. The zero-order valence-corrected chi connectivity index (χ0v) is 16.4. The van der Waals surface area contributed by atoms with Crippen molar-refractivity contribution in [3.05, 3.63) is 59.5 Å². The van der Waals surface area contributed by atoms with Gasteiger partial charge in [-0.25, -0.2) is 0 Å². The molecule has 0 radical (unpaired) electrons. The maximum absolute atomic E-state index is 12.4. The van der Waals surface area contributed by atoms with Crippen LogP contribution in [0, 0.1) is 0 Å². The highest BCUT2D eigenvalue weighted by molar-refractivity contribution is 5.91. The van der Waals surface area contributed by atoms with Crippen molar-refractivity contribution in [3.8, 4) is 0 Å². The summed E-state index contributed by atoms with van der Waals surface area (Å²) in [7, 11) is 1.60. The summed E-state index contributed by atoms with van der Waals surface area (Å²) in [6, 6.07) is 14.0. The van der Waals surface area contributed by atoms with Crippen LogP contribution in [-0.4, -0.2) is 31.8 Å². The van der Waals surface area contributed by atoms with Crippen LogP contribution in [0.4, 0.5) is 0 Å². The molecule has 27 heavy (non-hydrogen) atoms. The van der Waals surface area contributed by atoms with Gasteiger partial charge in [0.25, 0.3) is 5.91 Å². The summed E-state index contributed by atoms with van der Waals surface area (Å²) in [5.74, 6) is 0.782. The molecule has 1 aromatic carbocycles. The number of furan rings is 1. The zero-order valence-electron chi connectivity index (χ0n) is 16.4. The maximum atomic E-state index is 12.4. The Labute approximate surface area is 161 Å². The van der Waals surface area contributed by atoms with Gasteiger partial charge in [-0.15, -0.1) is 0 Å². The van der Waals surface area contributed by atoms with Crippen molar-refractivity contribution in [2.24, 2.45) is 0 Å². The van der Waals surface area contributed by atoms with Crippen LogP contribution in [0.1, 0.15) is 55.0 Å². The van der Waals surface area contributed by atoms with Gasteiger partial charge in [0.2, 0.25) is 0 Å². The van der Waals surface area contributed by atoms with Gasteiger partial charge in [0.15, 0.2) is 5.76 Å². The van der Waals surface area contributed by atoms with Crippen LogP contribution in [-0.2, 0) is 21.5 Å². The molecule has 3 rings (SSSR count). The van der Waals surface area contributed by atoms with Gasteiger partial charge in [0, 0.05) is 25.7 Å². The van der Waals surface area contributed by atoms with E-state index in [4.69, 9.17) is 13.9 Å². The fourth-order valence-corrected chi connectivity index (χ4v) is 4.10. The van der Waals surface area contributed by atoms with E-state index in [0.717, 1.165) is 25.9 Å². The van der Waals surface area contributed by atoms with E-state index in [1.807, 2.05) is 6.07 Å². The predicted molar refractivity (Wildman–Crippen MR) is 104 cm³/mol. The SMILES string of the molecule is COCc1ccc(C(=O)NCC[C@@]2(c3ccccc3)CCOC(C)(C)C2)o1. The first-order valence-electron chi connectivity index (χ1n) is 9.49. The molecule has 0 saturated carbocycles. The number of carbonyl (C=O) groups is 1. The van der Waals surface area contributed by atoms with E-state index in [9.17, 15) is 4.79 Å². The summed E-state index contributed by atoms with van der Waals surface area (Å²) in [5.41, 5.74) is 1.14. The number of hydrogen-bond donors (Lipinski definition) is 1. The summed E-state index contributed by atoms with van der Waals surface area (Å²) >= 11 is 0. The van der Waals surface area contributed by atoms with Gasteiger partial charge in [-0.05, 0) is 50.8 Å². The van der Waals surface area contributed by atoms with Gasteiger partial charge >= 0.3 is 0 Å². The summed E-state index contributed by atoms with van der Waals surface area (Å²) in [5, 5.41) is 3.01. The van der Waals surface area contributed by atoms with Crippen LogP contribution >= 0.6 is 0 Å². The predicted octanol–water partition coefficient (Wildman–Crippen LogP) is 4.07. The second kappa shape index (κ2) is 8.28. The molecule has 146 valence electrons. The first-order chi connectivity index (χ1) is 12.9. The average molecular weight is 371 g/mol. The molecule has 0 aliphatic carbocycles. The second-order valence-electron chi connectivity index (χ2n) is 7.89. The van der Waals surface area contributed by atoms with Crippen molar-refractivity contribution in [1.29, 1.82) is 0 Å². The van der Waals surface area contributed by atoms with Gasteiger partial charge in [0.1, 0.15) is 12.4 Å². The minimum absolute atomic E-state index is 0.000660. The Balaban J connectivity index is 1.67. The fraction of sp³-hybridized carbons (Fsp3) is 0.500. The molecule has 1 N–H and O–H groups in total. The lowest BCUT2D eigenvalue weighted by Crippen LogP contribution is -2.45. The van der Waals surface area contributed by atoms with E-state index in [2.05, 4.69) is 43.4 Å². The highest BCUT2D eigenvalue weighted by Crippen LogP contribution is 2.43. The zero-order chi connectivity index (χ0) is 19.3. The number of amides is 1. The molecule has 2 aromatic rings. The van der Waals surface area contributed by atoms with Crippen LogP contribution in [0.25, 0.3) is 0 Å². The summed E-state index contributed by atoms with van der Waals surface area (Å²) in [6.45, 7) is 5.96. The van der Waals surface area contributed by atoms with Gasteiger partial charge in [-0.1, -0.05) is 30.3 Å². The van der Waals surface area contributed by atoms with E-state index < -0.39 is 0 Å². The first kappa shape index (κ1) is 19.6. The molecular weight excluding hydrogens is 342 g/mol. The van der Waals surface area contributed by atoms with E-state index in [1.54, 1.807) is 19.2 Å². The van der Waals surface area contributed by atoms with E-state index >= 15 is 0 Å². The molecule has 2 heterocycles. The van der Waals surface area contributed by atoms with Crippen LogP contribution < -0.4 is 5.32 Å². The van der Waals surface area contributed by atoms with Gasteiger partial charge in [0.05, 0.1) is 5.60 Å². The molecule has 5 nitrogen and oxygen atoms in total. The third kappa shape index (κ3) is 4.79. The van der Waals surface area contributed by atoms with Crippen LogP contribution in [0.2, 0.25) is 0 Å². The molecule has 0 bridgehead atoms. The maximum Gasteiger partial charge on any atom is 0.286 e. The molecule has 0 spiro atoms. The minimum Gasteiger partial charge on any atom is -0.453 e. The van der Waals surface area contributed by atoms with E-state index in [1.165, 1.54) is 5.56 Å². The Kier molecular flexibility index (Phi) is 6.02. The molecule has 5 heteroatoms. The number of ether oxygens (including phenoxy) is 2. The Hall–Kier alpha value is -2.11. The minimum atomic E-state index is -0.188. The number of methoxy groups -OCH3 is 1. The number of rotatable bonds is 7. The highest BCUT2D eigenvalue weighted by Gasteiger charge is 2.41. The normalized spacial score (nSPS) is 21.7. The third-order valence-corrected chi connectivity index (χ3v) is 5.28. The van der Waals surface area contributed by atoms with E-state index in [0.29, 0.717) is 24.7 Å². The van der Waals surface area contributed by atoms with Crippen molar-refractivity contribution in [1.82, 2.24) is 5.32 Å². The Morgan fingerprint density at radius 1 is 1.19 bits per heavy atom. The van der Waals surface area contributed by atoms with Gasteiger partial charge in [-0.2, -0.15) is 0 Å². The summed E-state index contributed by atoms with van der Waals surface area (Å²) < 4.78 is 16.5. The molecule has 1 aliphatic rings. The number of benzene rings is 1. The van der Waals surface area contributed by atoms with Crippen molar-refractivity contribution in [3.63, 3.8) is 0 Å². The average Bonchev–Trinajstić information content (AvgIpc) is 3.11. The standard InChI is InChI=1S/C22H29NO4/c1-21(2)16-22(12-14-26-21,17-7-5-4-6-8-17)11-13-23-20(24)19-10-9-18(27-19)15-25-3/h4-10H,11-16H2,1-3H3,(H,23,24)/t22-/m1/s1. The second-order valence-corrected chi connectivity index (χ2v) is 7.89.